The highest BCUT2D eigenvalue weighted by Crippen LogP contribution is 2.27. The zero-order valence-electron chi connectivity index (χ0n) is 8.78. The lowest BCUT2D eigenvalue weighted by atomic mass is 9.92. The van der Waals surface area contributed by atoms with E-state index in [-0.39, 0.29) is 17.9 Å². The van der Waals surface area contributed by atoms with Gasteiger partial charge in [-0.15, -0.1) is 0 Å². The fourth-order valence-electron chi connectivity index (χ4n) is 2.00. The fourth-order valence-corrected chi connectivity index (χ4v) is 2.00. The Morgan fingerprint density at radius 2 is 1.33 bits per heavy atom. The Morgan fingerprint density at radius 3 is 1.67 bits per heavy atom. The highest BCUT2D eigenvalue weighted by Gasteiger charge is 2.27. The maximum Gasteiger partial charge on any atom is 0.152 e. The van der Waals surface area contributed by atoms with Gasteiger partial charge in [0.25, 0.3) is 0 Å². The van der Waals surface area contributed by atoms with Crippen molar-refractivity contribution in [2.45, 2.75) is 19.3 Å². The highest BCUT2D eigenvalue weighted by atomic mass is 16.6. The minimum absolute atomic E-state index is 0.00463. The molecule has 2 aliphatic rings. The second kappa shape index (κ2) is 4.60. The van der Waals surface area contributed by atoms with Crippen LogP contribution in [0.1, 0.15) is 6.92 Å². The van der Waals surface area contributed by atoms with E-state index in [0.29, 0.717) is 0 Å². The van der Waals surface area contributed by atoms with Crippen LogP contribution in [0.15, 0.2) is 48.6 Å². The molecule has 2 rings (SSSR count). The molecule has 0 aromatic rings. The maximum absolute atomic E-state index is 9.32. The number of rotatable bonds is 4. The molecule has 0 heterocycles. The van der Waals surface area contributed by atoms with Gasteiger partial charge in [0.1, 0.15) is 0 Å². The first-order chi connectivity index (χ1) is 7.27. The van der Waals surface area contributed by atoms with Crippen LogP contribution in [0.2, 0.25) is 0 Å². The molecular formula is C13H16O2. The van der Waals surface area contributed by atoms with Crippen molar-refractivity contribution in [3.05, 3.63) is 48.6 Å². The highest BCUT2D eigenvalue weighted by molar-refractivity contribution is 5.25. The number of aliphatic hydroxyl groups excluding tert-OH is 1. The Hall–Kier alpha value is -1.12. The van der Waals surface area contributed by atoms with Crippen LogP contribution in [0.3, 0.4) is 0 Å². The zero-order valence-corrected chi connectivity index (χ0v) is 8.78. The lowest BCUT2D eigenvalue weighted by Crippen LogP contribution is -2.30. The van der Waals surface area contributed by atoms with Crippen molar-refractivity contribution in [1.29, 1.82) is 0 Å². The van der Waals surface area contributed by atoms with Crippen LogP contribution in [0.5, 0.6) is 0 Å². The Morgan fingerprint density at radius 1 is 0.933 bits per heavy atom. The largest absolute Gasteiger partial charge is 0.368 e. The van der Waals surface area contributed by atoms with Gasteiger partial charge in [-0.25, -0.2) is 0 Å². The Labute approximate surface area is 90.3 Å². The lowest BCUT2D eigenvalue weighted by molar-refractivity contribution is -0.137. The average molecular weight is 204 g/mol. The summed E-state index contributed by atoms with van der Waals surface area (Å²) < 4.78 is 5.57. The monoisotopic (exact) mass is 204 g/mol. The molecule has 0 spiro atoms. The first kappa shape index (κ1) is 10.4. The van der Waals surface area contributed by atoms with Crippen molar-refractivity contribution >= 4 is 0 Å². The van der Waals surface area contributed by atoms with Crippen molar-refractivity contribution in [2.75, 3.05) is 0 Å². The number of allylic oxidation sites excluding steroid dienone is 4. The fraction of sp³-hybridized carbons (Fsp3) is 0.385. The summed E-state index contributed by atoms with van der Waals surface area (Å²) in [6.07, 6.45) is 15.8. The molecule has 0 radical (unpaired) electrons. The third-order valence-electron chi connectivity index (χ3n) is 2.67. The molecule has 0 saturated carbocycles. The number of aliphatic hydroxyl groups is 1. The second-order valence-electron chi connectivity index (χ2n) is 3.89. The van der Waals surface area contributed by atoms with E-state index >= 15 is 0 Å². The third kappa shape index (κ3) is 2.46. The normalized spacial score (nSPS) is 22.3. The molecule has 15 heavy (non-hydrogen) atoms. The van der Waals surface area contributed by atoms with Gasteiger partial charge in [-0.3, -0.25) is 0 Å². The molecule has 1 atom stereocenters. The summed E-state index contributed by atoms with van der Waals surface area (Å²) in [6.45, 7) is 1.65. The zero-order chi connectivity index (χ0) is 10.7. The summed E-state index contributed by atoms with van der Waals surface area (Å²) >= 11 is 0. The third-order valence-corrected chi connectivity index (χ3v) is 2.67. The molecule has 80 valence electrons. The minimum Gasteiger partial charge on any atom is -0.368 e. The second-order valence-corrected chi connectivity index (χ2v) is 3.89. The van der Waals surface area contributed by atoms with Gasteiger partial charge in [0.2, 0.25) is 0 Å². The van der Waals surface area contributed by atoms with Crippen molar-refractivity contribution < 1.29 is 9.84 Å². The molecule has 2 aliphatic carbocycles. The van der Waals surface area contributed by atoms with Crippen LogP contribution in [-0.2, 0) is 4.74 Å². The Bertz CT molecular complexity index is 271. The summed E-state index contributed by atoms with van der Waals surface area (Å²) in [5.74, 6) is 0.522. The average Bonchev–Trinajstić information content (AvgIpc) is 2.87. The van der Waals surface area contributed by atoms with Gasteiger partial charge in [0.05, 0.1) is 6.10 Å². The first-order valence-corrected chi connectivity index (χ1v) is 5.31. The SMILES string of the molecule is CC(O)OC(C1C=CC=C1)C1C=CC=C1. The number of hydrogen-bond acceptors (Lipinski definition) is 2. The molecular weight excluding hydrogens is 188 g/mol. The molecule has 1 N–H and O–H groups in total. The van der Waals surface area contributed by atoms with Crippen molar-refractivity contribution in [2.24, 2.45) is 11.8 Å². The van der Waals surface area contributed by atoms with Crippen molar-refractivity contribution in [1.82, 2.24) is 0 Å². The van der Waals surface area contributed by atoms with Crippen molar-refractivity contribution in [3.8, 4) is 0 Å². The van der Waals surface area contributed by atoms with Crippen molar-refractivity contribution in [3.63, 3.8) is 0 Å². The standard InChI is InChI=1S/C13H16O2/c1-10(14)15-13(11-6-2-3-7-11)12-8-4-5-9-12/h2-14H,1H3. The van der Waals surface area contributed by atoms with E-state index in [0.717, 1.165) is 0 Å². The molecule has 1 unspecified atom stereocenters. The first-order valence-electron chi connectivity index (χ1n) is 5.31. The van der Waals surface area contributed by atoms with E-state index in [1.807, 2.05) is 24.3 Å². The summed E-state index contributed by atoms with van der Waals surface area (Å²) in [5.41, 5.74) is 0. The van der Waals surface area contributed by atoms with E-state index in [1.165, 1.54) is 0 Å². The molecule has 2 nitrogen and oxygen atoms in total. The van der Waals surface area contributed by atoms with Gasteiger partial charge < -0.3 is 9.84 Å². The van der Waals surface area contributed by atoms with Gasteiger partial charge in [0.15, 0.2) is 6.29 Å². The summed E-state index contributed by atoms with van der Waals surface area (Å²) in [5, 5.41) is 9.32. The summed E-state index contributed by atoms with van der Waals surface area (Å²) in [6, 6.07) is 0. The van der Waals surface area contributed by atoms with E-state index in [1.54, 1.807) is 6.92 Å². The van der Waals surface area contributed by atoms with Crippen LogP contribution in [0.4, 0.5) is 0 Å². The quantitative estimate of drug-likeness (QED) is 0.711. The van der Waals surface area contributed by atoms with Crippen LogP contribution < -0.4 is 0 Å². The minimum atomic E-state index is -0.722. The van der Waals surface area contributed by atoms with Gasteiger partial charge in [-0.2, -0.15) is 0 Å². The summed E-state index contributed by atoms with van der Waals surface area (Å²) in [7, 11) is 0. The van der Waals surface area contributed by atoms with E-state index < -0.39 is 6.29 Å². The molecule has 2 heteroatoms. The lowest BCUT2D eigenvalue weighted by Gasteiger charge is -2.26. The molecule has 0 amide bonds. The van der Waals surface area contributed by atoms with Crippen LogP contribution in [-0.4, -0.2) is 17.5 Å². The van der Waals surface area contributed by atoms with E-state index in [4.69, 9.17) is 4.74 Å². The van der Waals surface area contributed by atoms with E-state index in [2.05, 4.69) is 24.3 Å². The van der Waals surface area contributed by atoms with Crippen LogP contribution >= 0.6 is 0 Å². The van der Waals surface area contributed by atoms with Gasteiger partial charge in [0, 0.05) is 11.8 Å². The van der Waals surface area contributed by atoms with Crippen LogP contribution in [0.25, 0.3) is 0 Å². The predicted octanol–water partition coefficient (Wildman–Crippen LogP) is 2.19. The molecule has 0 saturated heterocycles. The maximum atomic E-state index is 9.32. The smallest absolute Gasteiger partial charge is 0.152 e. The Balaban J connectivity index is 2.08. The van der Waals surface area contributed by atoms with Gasteiger partial charge >= 0.3 is 0 Å². The number of hydrogen-bond donors (Lipinski definition) is 1. The topological polar surface area (TPSA) is 29.5 Å². The van der Waals surface area contributed by atoms with Gasteiger partial charge in [-0.1, -0.05) is 48.6 Å². The molecule has 0 aromatic carbocycles. The summed E-state index contributed by atoms with van der Waals surface area (Å²) in [4.78, 5) is 0. The van der Waals surface area contributed by atoms with E-state index in [9.17, 15) is 5.11 Å². The molecule has 0 aliphatic heterocycles. The van der Waals surface area contributed by atoms with Gasteiger partial charge in [-0.05, 0) is 6.92 Å². The molecule has 0 fully saturated rings. The number of ether oxygens (including phenoxy) is 1. The molecule has 0 aromatic heterocycles. The molecule has 0 bridgehead atoms. The van der Waals surface area contributed by atoms with Crippen LogP contribution in [0, 0.1) is 11.8 Å². The predicted molar refractivity (Wildman–Crippen MR) is 60.1 cm³/mol. The Kier molecular flexibility index (Phi) is 3.19.